The zero-order valence-electron chi connectivity index (χ0n) is 8.92. The molecule has 0 aliphatic carbocycles. The molecule has 0 unspecified atom stereocenters. The van der Waals surface area contributed by atoms with Gasteiger partial charge >= 0.3 is 0 Å². The second kappa shape index (κ2) is 5.69. The molecule has 0 amide bonds. The zero-order valence-corrected chi connectivity index (χ0v) is 11.2. The van der Waals surface area contributed by atoms with Crippen molar-refractivity contribution in [3.8, 4) is 0 Å². The molecule has 94 valence electrons. The number of halogens is 4. The summed E-state index contributed by atoms with van der Waals surface area (Å²) in [5, 5.41) is 3.49. The van der Waals surface area contributed by atoms with Gasteiger partial charge < -0.3 is 5.32 Å². The van der Waals surface area contributed by atoms with Crippen molar-refractivity contribution in [1.29, 1.82) is 0 Å². The maximum absolute atomic E-state index is 13.0. The van der Waals surface area contributed by atoms with Gasteiger partial charge in [-0.15, -0.1) is 0 Å². The third-order valence-electron chi connectivity index (χ3n) is 2.16. The first-order chi connectivity index (χ1) is 8.56. The van der Waals surface area contributed by atoms with E-state index < -0.39 is 5.82 Å². The van der Waals surface area contributed by atoms with Crippen LogP contribution in [0.15, 0.2) is 24.4 Å². The fourth-order valence-electron chi connectivity index (χ4n) is 1.30. The Morgan fingerprint density at radius 1 is 1.17 bits per heavy atom. The predicted molar refractivity (Wildman–Crippen MR) is 70.8 cm³/mol. The van der Waals surface area contributed by atoms with E-state index in [1.165, 1.54) is 18.3 Å². The van der Waals surface area contributed by atoms with Crippen LogP contribution < -0.4 is 5.32 Å². The van der Waals surface area contributed by atoms with E-state index in [1.54, 1.807) is 6.07 Å². The van der Waals surface area contributed by atoms with Crippen molar-refractivity contribution < 1.29 is 4.39 Å². The lowest BCUT2D eigenvalue weighted by atomic mass is 10.2. The van der Waals surface area contributed by atoms with E-state index in [0.29, 0.717) is 17.4 Å². The Hall–Kier alpha value is -1.10. The molecule has 0 spiro atoms. The number of hydrogen-bond donors (Lipinski definition) is 1. The molecule has 0 atom stereocenters. The van der Waals surface area contributed by atoms with Crippen LogP contribution in [0.4, 0.5) is 10.2 Å². The van der Waals surface area contributed by atoms with Crippen LogP contribution in [0, 0.1) is 5.82 Å². The molecule has 0 aliphatic rings. The molecule has 0 aliphatic heterocycles. The highest BCUT2D eigenvalue weighted by Gasteiger charge is 2.05. The van der Waals surface area contributed by atoms with Gasteiger partial charge in [-0.3, -0.25) is 0 Å². The Morgan fingerprint density at radius 3 is 2.67 bits per heavy atom. The number of rotatable bonds is 3. The third-order valence-corrected chi connectivity index (χ3v) is 2.91. The molecule has 18 heavy (non-hydrogen) atoms. The Balaban J connectivity index is 2.11. The highest BCUT2D eigenvalue weighted by atomic mass is 35.5. The van der Waals surface area contributed by atoms with Gasteiger partial charge in [0.15, 0.2) is 0 Å². The van der Waals surface area contributed by atoms with Gasteiger partial charge in [0.2, 0.25) is 5.28 Å². The molecule has 2 rings (SSSR count). The number of anilines is 1. The predicted octanol–water partition coefficient (Wildman–Crippen LogP) is 4.19. The van der Waals surface area contributed by atoms with E-state index in [0.717, 1.165) is 5.56 Å². The molecule has 0 saturated carbocycles. The van der Waals surface area contributed by atoms with Crippen LogP contribution in [0.5, 0.6) is 0 Å². The van der Waals surface area contributed by atoms with Gasteiger partial charge in [-0.25, -0.2) is 9.37 Å². The maximum Gasteiger partial charge on any atom is 0.224 e. The van der Waals surface area contributed by atoms with E-state index >= 15 is 0 Å². The summed E-state index contributed by atoms with van der Waals surface area (Å²) in [6, 6.07) is 4.44. The SMILES string of the molecule is Fc1ccc(CNc2nc(Cl)ncc2Cl)cc1Cl. The monoisotopic (exact) mass is 305 g/mol. The van der Waals surface area contributed by atoms with E-state index in [-0.39, 0.29) is 10.3 Å². The quantitative estimate of drug-likeness (QED) is 0.864. The molecule has 7 heteroatoms. The lowest BCUT2D eigenvalue weighted by Gasteiger charge is -2.07. The number of nitrogens with zero attached hydrogens (tertiary/aromatic N) is 2. The molecule has 0 bridgehead atoms. The topological polar surface area (TPSA) is 37.8 Å². The normalized spacial score (nSPS) is 10.4. The molecule has 1 aromatic heterocycles. The molecular weight excluding hydrogens is 299 g/mol. The van der Waals surface area contributed by atoms with Crippen molar-refractivity contribution in [1.82, 2.24) is 9.97 Å². The van der Waals surface area contributed by atoms with Crippen LogP contribution in [0.1, 0.15) is 5.56 Å². The minimum atomic E-state index is -0.455. The first-order valence-corrected chi connectivity index (χ1v) is 6.05. The first kappa shape index (κ1) is 13.3. The largest absolute Gasteiger partial charge is 0.365 e. The molecule has 1 N–H and O–H groups in total. The number of benzene rings is 1. The third kappa shape index (κ3) is 3.22. The Bertz CT molecular complexity index is 577. The van der Waals surface area contributed by atoms with E-state index in [1.807, 2.05) is 0 Å². The summed E-state index contributed by atoms with van der Waals surface area (Å²) in [6.07, 6.45) is 1.40. The lowest BCUT2D eigenvalue weighted by Crippen LogP contribution is -2.03. The number of nitrogens with one attached hydrogen (secondary N) is 1. The van der Waals surface area contributed by atoms with Crippen LogP contribution >= 0.6 is 34.8 Å². The van der Waals surface area contributed by atoms with E-state index in [4.69, 9.17) is 34.8 Å². The van der Waals surface area contributed by atoms with Crippen LogP contribution in [0.2, 0.25) is 15.3 Å². The molecular formula is C11H7Cl3FN3. The van der Waals surface area contributed by atoms with Gasteiger partial charge in [-0.2, -0.15) is 4.98 Å². The van der Waals surface area contributed by atoms with Crippen LogP contribution in [0.25, 0.3) is 0 Å². The van der Waals surface area contributed by atoms with Crippen molar-refractivity contribution in [2.45, 2.75) is 6.54 Å². The molecule has 1 aromatic carbocycles. The van der Waals surface area contributed by atoms with E-state index in [9.17, 15) is 4.39 Å². The smallest absolute Gasteiger partial charge is 0.224 e. The van der Waals surface area contributed by atoms with Crippen molar-refractivity contribution in [3.05, 3.63) is 51.1 Å². The van der Waals surface area contributed by atoms with Crippen molar-refractivity contribution in [2.24, 2.45) is 0 Å². The molecule has 3 nitrogen and oxygen atoms in total. The van der Waals surface area contributed by atoms with Crippen molar-refractivity contribution in [2.75, 3.05) is 5.32 Å². The van der Waals surface area contributed by atoms with Gasteiger partial charge in [0, 0.05) is 6.54 Å². The lowest BCUT2D eigenvalue weighted by molar-refractivity contribution is 0.627. The average molecular weight is 307 g/mol. The summed E-state index contributed by atoms with van der Waals surface area (Å²) < 4.78 is 13.0. The number of hydrogen-bond acceptors (Lipinski definition) is 3. The summed E-state index contributed by atoms with van der Waals surface area (Å²) in [4.78, 5) is 7.66. The van der Waals surface area contributed by atoms with Gasteiger partial charge in [0.1, 0.15) is 16.7 Å². The Kier molecular flexibility index (Phi) is 4.22. The van der Waals surface area contributed by atoms with E-state index in [2.05, 4.69) is 15.3 Å². The molecule has 0 radical (unpaired) electrons. The summed E-state index contributed by atoms with van der Waals surface area (Å²) in [7, 11) is 0. The minimum Gasteiger partial charge on any atom is -0.365 e. The maximum atomic E-state index is 13.0. The average Bonchev–Trinajstić information content (AvgIpc) is 2.34. The number of aromatic nitrogens is 2. The second-order valence-electron chi connectivity index (χ2n) is 3.44. The fraction of sp³-hybridized carbons (Fsp3) is 0.0909. The van der Waals surface area contributed by atoms with Gasteiger partial charge in [0.25, 0.3) is 0 Å². The minimum absolute atomic E-state index is 0.0705. The fourth-order valence-corrected chi connectivity index (χ4v) is 1.80. The summed E-state index contributed by atoms with van der Waals surface area (Å²) in [5.74, 6) is -0.0411. The van der Waals surface area contributed by atoms with Gasteiger partial charge in [-0.1, -0.05) is 29.3 Å². The molecule has 0 saturated heterocycles. The first-order valence-electron chi connectivity index (χ1n) is 4.92. The van der Waals surface area contributed by atoms with Crippen molar-refractivity contribution >= 4 is 40.6 Å². The summed E-state index contributed by atoms with van der Waals surface area (Å²) in [5.41, 5.74) is 0.798. The summed E-state index contributed by atoms with van der Waals surface area (Å²) >= 11 is 17.2. The molecule has 1 heterocycles. The van der Waals surface area contributed by atoms with Crippen LogP contribution in [-0.2, 0) is 6.54 Å². The van der Waals surface area contributed by atoms with Gasteiger partial charge in [-0.05, 0) is 29.3 Å². The highest BCUT2D eigenvalue weighted by Crippen LogP contribution is 2.21. The molecule has 0 fully saturated rings. The zero-order chi connectivity index (χ0) is 13.1. The van der Waals surface area contributed by atoms with Crippen LogP contribution in [0.3, 0.4) is 0 Å². The summed E-state index contributed by atoms with van der Waals surface area (Å²) in [6.45, 7) is 0.396. The highest BCUT2D eigenvalue weighted by molar-refractivity contribution is 6.33. The Morgan fingerprint density at radius 2 is 1.94 bits per heavy atom. The second-order valence-corrected chi connectivity index (χ2v) is 4.59. The van der Waals surface area contributed by atoms with Crippen molar-refractivity contribution in [3.63, 3.8) is 0 Å². The van der Waals surface area contributed by atoms with Gasteiger partial charge in [0.05, 0.1) is 11.2 Å². The standard InChI is InChI=1S/C11H7Cl3FN3/c12-7-3-6(1-2-9(7)15)4-16-10-8(13)5-17-11(14)18-10/h1-3,5H,4H2,(H,16,17,18). The van der Waals surface area contributed by atoms with Crippen LogP contribution in [-0.4, -0.2) is 9.97 Å². The molecule has 2 aromatic rings. The Labute approximate surface area is 118 Å².